The monoisotopic (exact) mass is 311 g/mol. The summed E-state index contributed by atoms with van der Waals surface area (Å²) in [4.78, 5) is 0. The predicted molar refractivity (Wildman–Crippen MR) is 70.8 cm³/mol. The van der Waals surface area contributed by atoms with E-state index in [1.54, 1.807) is 17.9 Å². The zero-order chi connectivity index (χ0) is 15.9. The zero-order valence-corrected chi connectivity index (χ0v) is 12.2. The highest BCUT2D eigenvalue weighted by molar-refractivity contribution is 5.06. The zero-order valence-electron chi connectivity index (χ0n) is 12.2. The predicted octanol–water partition coefficient (Wildman–Crippen LogP) is 2.25. The Balaban J connectivity index is 2.46. The van der Waals surface area contributed by atoms with Crippen LogP contribution in [0.1, 0.15) is 18.9 Å². The van der Waals surface area contributed by atoms with Gasteiger partial charge in [0.1, 0.15) is 6.61 Å². The summed E-state index contributed by atoms with van der Waals surface area (Å²) in [6.07, 6.45) is 1.19. The Labute approximate surface area is 121 Å². The second-order valence-corrected chi connectivity index (χ2v) is 4.95. The maximum Gasteiger partial charge on any atom is 0.330 e. The third-order valence-corrected chi connectivity index (χ3v) is 2.86. The van der Waals surface area contributed by atoms with Gasteiger partial charge < -0.3 is 10.1 Å². The highest BCUT2D eigenvalue weighted by Crippen LogP contribution is 2.22. The van der Waals surface area contributed by atoms with E-state index in [-0.39, 0.29) is 12.6 Å². The van der Waals surface area contributed by atoms with Crippen LogP contribution in [0.15, 0.2) is 12.4 Å². The molecule has 1 aromatic rings. The van der Waals surface area contributed by atoms with Gasteiger partial charge in [0.25, 0.3) is 0 Å². The number of halogens is 4. The minimum atomic E-state index is -4.11. The van der Waals surface area contributed by atoms with E-state index in [2.05, 4.69) is 10.4 Å². The molecular weight excluding hydrogens is 290 g/mol. The van der Waals surface area contributed by atoms with Gasteiger partial charge in [-0.3, -0.25) is 4.68 Å². The first-order valence-corrected chi connectivity index (χ1v) is 6.79. The number of hydrogen-bond acceptors (Lipinski definition) is 3. The first kappa shape index (κ1) is 17.9. The van der Waals surface area contributed by atoms with Crippen molar-refractivity contribution >= 4 is 0 Å². The fraction of sp³-hybridized carbons (Fsp3) is 0.769. The van der Waals surface area contributed by atoms with Crippen LogP contribution in [-0.2, 0) is 18.2 Å². The van der Waals surface area contributed by atoms with Crippen molar-refractivity contribution in [3.8, 4) is 0 Å². The lowest BCUT2D eigenvalue weighted by atomic mass is 10.1. The number of aromatic nitrogens is 2. The van der Waals surface area contributed by atoms with Gasteiger partial charge in [0.2, 0.25) is 0 Å². The molecule has 1 atom stereocenters. The second kappa shape index (κ2) is 8.33. The van der Waals surface area contributed by atoms with Crippen molar-refractivity contribution in [2.45, 2.75) is 38.2 Å². The number of alkyl halides is 4. The molecule has 0 aromatic carbocycles. The smallest absolute Gasteiger partial charge is 0.330 e. The summed E-state index contributed by atoms with van der Waals surface area (Å²) >= 11 is 0. The van der Waals surface area contributed by atoms with Crippen molar-refractivity contribution in [3.63, 3.8) is 0 Å². The van der Waals surface area contributed by atoms with Crippen LogP contribution in [0.5, 0.6) is 0 Å². The Bertz CT molecular complexity index is 412. The van der Waals surface area contributed by atoms with Crippen molar-refractivity contribution in [1.29, 1.82) is 0 Å². The Kier molecular flexibility index (Phi) is 7.10. The summed E-state index contributed by atoms with van der Waals surface area (Å²) in [6.45, 7) is 1.33. The molecule has 0 saturated carbocycles. The third kappa shape index (κ3) is 6.43. The molecule has 0 aliphatic heterocycles. The molecule has 1 unspecified atom stereocenters. The molecule has 0 aliphatic rings. The Morgan fingerprint density at radius 3 is 2.67 bits per heavy atom. The molecule has 0 amide bonds. The van der Waals surface area contributed by atoms with Crippen LogP contribution < -0.4 is 5.32 Å². The van der Waals surface area contributed by atoms with Crippen molar-refractivity contribution in [2.24, 2.45) is 7.05 Å². The largest absolute Gasteiger partial charge is 0.373 e. The van der Waals surface area contributed by atoms with E-state index in [0.717, 1.165) is 12.0 Å². The van der Waals surface area contributed by atoms with Gasteiger partial charge in [-0.2, -0.15) is 13.9 Å². The van der Waals surface area contributed by atoms with Gasteiger partial charge in [-0.1, -0.05) is 6.92 Å². The minimum absolute atomic E-state index is 0.0583. The quantitative estimate of drug-likeness (QED) is 0.674. The molecule has 1 heterocycles. The van der Waals surface area contributed by atoms with Crippen molar-refractivity contribution in [3.05, 3.63) is 18.0 Å². The number of nitrogens with one attached hydrogen (secondary N) is 1. The fourth-order valence-corrected chi connectivity index (χ4v) is 1.80. The summed E-state index contributed by atoms with van der Waals surface area (Å²) in [6, 6.07) is -0.220. The molecule has 1 N–H and O–H groups in total. The van der Waals surface area contributed by atoms with Crippen LogP contribution in [0.25, 0.3) is 0 Å². The lowest BCUT2D eigenvalue weighted by molar-refractivity contribution is -0.167. The average molecular weight is 311 g/mol. The van der Waals surface area contributed by atoms with E-state index in [1.807, 2.05) is 13.1 Å². The lowest BCUT2D eigenvalue weighted by Crippen LogP contribution is -2.39. The highest BCUT2D eigenvalue weighted by Gasteiger charge is 2.41. The van der Waals surface area contributed by atoms with Crippen molar-refractivity contribution in [2.75, 3.05) is 19.8 Å². The number of nitrogens with zero attached hydrogens (tertiary/aromatic N) is 2. The molecule has 0 fully saturated rings. The van der Waals surface area contributed by atoms with Crippen LogP contribution in [0, 0.1) is 0 Å². The molecule has 0 spiro atoms. The SMILES string of the molecule is CCCNC(COCC(F)(F)C(F)F)Cc1cnn(C)c1. The highest BCUT2D eigenvalue weighted by atomic mass is 19.3. The van der Waals surface area contributed by atoms with Gasteiger partial charge >= 0.3 is 12.3 Å². The van der Waals surface area contributed by atoms with Crippen molar-refractivity contribution < 1.29 is 22.3 Å². The van der Waals surface area contributed by atoms with E-state index in [0.29, 0.717) is 13.0 Å². The van der Waals surface area contributed by atoms with Gasteiger partial charge in [-0.15, -0.1) is 0 Å². The molecule has 1 rings (SSSR count). The number of hydrogen-bond donors (Lipinski definition) is 1. The molecule has 8 heteroatoms. The third-order valence-electron chi connectivity index (χ3n) is 2.86. The first-order valence-electron chi connectivity index (χ1n) is 6.79. The normalized spacial score (nSPS) is 13.9. The Morgan fingerprint density at radius 2 is 2.14 bits per heavy atom. The fourth-order valence-electron chi connectivity index (χ4n) is 1.80. The summed E-state index contributed by atoms with van der Waals surface area (Å²) in [5.74, 6) is -4.11. The lowest BCUT2D eigenvalue weighted by Gasteiger charge is -2.20. The molecule has 4 nitrogen and oxygen atoms in total. The van der Waals surface area contributed by atoms with E-state index >= 15 is 0 Å². The molecule has 1 aromatic heterocycles. The maximum atomic E-state index is 12.8. The molecule has 0 aliphatic carbocycles. The molecular formula is C13H21F4N3O. The molecule has 0 bridgehead atoms. The van der Waals surface area contributed by atoms with E-state index in [4.69, 9.17) is 4.74 Å². The summed E-state index contributed by atoms with van der Waals surface area (Å²) < 4.78 is 56.0. The van der Waals surface area contributed by atoms with Gasteiger partial charge in [0.05, 0.1) is 12.8 Å². The molecule has 21 heavy (non-hydrogen) atoms. The van der Waals surface area contributed by atoms with E-state index in [1.165, 1.54) is 0 Å². The van der Waals surface area contributed by atoms with Crippen molar-refractivity contribution in [1.82, 2.24) is 15.1 Å². The number of rotatable bonds is 10. The van der Waals surface area contributed by atoms with E-state index in [9.17, 15) is 17.6 Å². The molecule has 122 valence electrons. The Hall–Kier alpha value is -1.15. The van der Waals surface area contributed by atoms with Gasteiger partial charge in [-0.25, -0.2) is 8.78 Å². The van der Waals surface area contributed by atoms with Crippen LogP contribution in [0.4, 0.5) is 17.6 Å². The average Bonchev–Trinajstić information content (AvgIpc) is 2.80. The Morgan fingerprint density at radius 1 is 1.43 bits per heavy atom. The van der Waals surface area contributed by atoms with E-state index < -0.39 is 19.0 Å². The number of aryl methyl sites for hydroxylation is 1. The topological polar surface area (TPSA) is 39.1 Å². The second-order valence-electron chi connectivity index (χ2n) is 4.95. The molecule has 0 saturated heterocycles. The van der Waals surface area contributed by atoms with Crippen LogP contribution >= 0.6 is 0 Å². The van der Waals surface area contributed by atoms with Crippen LogP contribution in [-0.4, -0.2) is 47.9 Å². The maximum absolute atomic E-state index is 12.8. The first-order chi connectivity index (χ1) is 9.85. The van der Waals surface area contributed by atoms with Gasteiger partial charge in [0, 0.05) is 19.3 Å². The summed E-state index contributed by atoms with van der Waals surface area (Å²) in [7, 11) is 1.78. The summed E-state index contributed by atoms with van der Waals surface area (Å²) in [5.41, 5.74) is 0.926. The van der Waals surface area contributed by atoms with Gasteiger partial charge in [0.15, 0.2) is 0 Å². The van der Waals surface area contributed by atoms with Crippen LogP contribution in [0.2, 0.25) is 0 Å². The standard InChI is InChI=1S/C13H21F4N3O/c1-3-4-18-11(5-10-6-19-20(2)7-10)8-21-9-13(16,17)12(14)15/h6-7,11-12,18H,3-5,8-9H2,1-2H3. The van der Waals surface area contributed by atoms with Crippen LogP contribution in [0.3, 0.4) is 0 Å². The minimum Gasteiger partial charge on any atom is -0.373 e. The molecule has 0 radical (unpaired) electrons. The summed E-state index contributed by atoms with van der Waals surface area (Å²) in [5, 5.41) is 7.17. The van der Waals surface area contributed by atoms with Gasteiger partial charge in [-0.05, 0) is 24.9 Å². The number of ether oxygens (including phenoxy) is 1.